The molecule has 0 radical (unpaired) electrons. The zero-order valence-corrected chi connectivity index (χ0v) is 13.3. The molecule has 24 heavy (non-hydrogen) atoms. The van der Waals surface area contributed by atoms with Crippen molar-refractivity contribution in [2.24, 2.45) is 0 Å². The molecule has 0 unspecified atom stereocenters. The Hall–Kier alpha value is -2.48. The lowest BCUT2D eigenvalue weighted by atomic mass is 10.1. The number of nitrogens with zero attached hydrogens (tertiary/aromatic N) is 2. The number of nitro groups is 1. The standard InChI is InChI=1S/C15H12ClFN2O5/c1-2-11(20)24-10-6-18(7-3-4-7)13-8(15(10)21)5-9(17)12(16)14(13)19(22)23/h5-7H,2-4H2,1H3. The molecule has 3 rings (SSSR count). The lowest BCUT2D eigenvalue weighted by molar-refractivity contribution is -0.383. The second-order valence-electron chi connectivity index (χ2n) is 5.46. The van der Waals surface area contributed by atoms with Crippen molar-refractivity contribution in [3.63, 3.8) is 0 Å². The minimum Gasteiger partial charge on any atom is -0.421 e. The lowest BCUT2D eigenvalue weighted by Crippen LogP contribution is -2.18. The maximum atomic E-state index is 14.0. The van der Waals surface area contributed by atoms with Crippen molar-refractivity contribution in [2.75, 3.05) is 0 Å². The molecule has 2 aromatic rings. The first-order valence-electron chi connectivity index (χ1n) is 7.27. The van der Waals surface area contributed by atoms with E-state index < -0.39 is 32.8 Å². The molecule has 0 bridgehead atoms. The minimum atomic E-state index is -1.07. The third-order valence-corrected chi connectivity index (χ3v) is 4.15. The molecule has 1 aliphatic rings. The fraction of sp³-hybridized carbons (Fsp3) is 0.333. The molecule has 1 aliphatic carbocycles. The molecule has 9 heteroatoms. The van der Waals surface area contributed by atoms with E-state index in [0.717, 1.165) is 18.9 Å². The number of aromatic nitrogens is 1. The molecule has 1 aromatic heterocycles. The van der Waals surface area contributed by atoms with Gasteiger partial charge in [-0.05, 0) is 18.9 Å². The van der Waals surface area contributed by atoms with Gasteiger partial charge in [-0.2, -0.15) is 0 Å². The average Bonchev–Trinajstić information content (AvgIpc) is 3.36. The Morgan fingerprint density at radius 1 is 1.54 bits per heavy atom. The number of esters is 1. The van der Waals surface area contributed by atoms with Crippen LogP contribution in [0.25, 0.3) is 10.9 Å². The summed E-state index contributed by atoms with van der Waals surface area (Å²) in [6.07, 6.45) is 2.80. The number of hydrogen-bond acceptors (Lipinski definition) is 5. The zero-order chi connectivity index (χ0) is 17.6. The van der Waals surface area contributed by atoms with Gasteiger partial charge in [0.25, 0.3) is 0 Å². The molecule has 1 fully saturated rings. The van der Waals surface area contributed by atoms with E-state index in [1.165, 1.54) is 10.8 Å². The van der Waals surface area contributed by atoms with E-state index in [0.29, 0.717) is 0 Å². The number of benzene rings is 1. The van der Waals surface area contributed by atoms with Gasteiger partial charge in [-0.15, -0.1) is 0 Å². The molecule has 7 nitrogen and oxygen atoms in total. The van der Waals surface area contributed by atoms with Crippen LogP contribution in [0.2, 0.25) is 5.02 Å². The number of halogens is 2. The van der Waals surface area contributed by atoms with Crippen molar-refractivity contribution < 1.29 is 18.8 Å². The summed E-state index contributed by atoms with van der Waals surface area (Å²) in [5.74, 6) is -1.98. The third-order valence-electron chi connectivity index (χ3n) is 3.79. The Morgan fingerprint density at radius 3 is 2.75 bits per heavy atom. The number of carbonyl (C=O) groups is 1. The van der Waals surface area contributed by atoms with Crippen LogP contribution in [0.5, 0.6) is 5.75 Å². The highest BCUT2D eigenvalue weighted by Crippen LogP contribution is 2.42. The number of ether oxygens (including phenoxy) is 1. The Balaban J connectivity index is 2.40. The van der Waals surface area contributed by atoms with Crippen LogP contribution in [0.3, 0.4) is 0 Å². The van der Waals surface area contributed by atoms with E-state index in [2.05, 4.69) is 0 Å². The van der Waals surface area contributed by atoms with Crippen LogP contribution in [0.4, 0.5) is 10.1 Å². The van der Waals surface area contributed by atoms with Crippen LogP contribution in [-0.4, -0.2) is 15.5 Å². The fourth-order valence-corrected chi connectivity index (χ4v) is 2.71. The van der Waals surface area contributed by atoms with E-state index in [1.54, 1.807) is 6.92 Å². The Labute approximate surface area is 139 Å². The first-order chi connectivity index (χ1) is 11.3. The van der Waals surface area contributed by atoms with E-state index in [1.807, 2.05) is 0 Å². The third kappa shape index (κ3) is 2.62. The van der Waals surface area contributed by atoms with Gasteiger partial charge in [-0.1, -0.05) is 18.5 Å². The highest BCUT2D eigenvalue weighted by Gasteiger charge is 2.32. The minimum absolute atomic E-state index is 0.0516. The first kappa shape index (κ1) is 16.4. The topological polar surface area (TPSA) is 91.4 Å². The second kappa shape index (κ2) is 5.86. The molecule has 0 N–H and O–H groups in total. The molecule has 0 spiro atoms. The fourth-order valence-electron chi connectivity index (χ4n) is 2.49. The largest absolute Gasteiger partial charge is 0.421 e. The van der Waals surface area contributed by atoms with Crippen LogP contribution in [0.15, 0.2) is 17.1 Å². The van der Waals surface area contributed by atoms with Crippen LogP contribution < -0.4 is 10.2 Å². The van der Waals surface area contributed by atoms with E-state index in [9.17, 15) is 24.1 Å². The maximum Gasteiger partial charge on any atom is 0.315 e. The Morgan fingerprint density at radius 2 is 2.21 bits per heavy atom. The lowest BCUT2D eigenvalue weighted by Gasteiger charge is -2.13. The predicted molar refractivity (Wildman–Crippen MR) is 84.0 cm³/mol. The van der Waals surface area contributed by atoms with Gasteiger partial charge in [0.1, 0.15) is 11.3 Å². The van der Waals surface area contributed by atoms with Crippen molar-refractivity contribution in [3.8, 4) is 5.75 Å². The first-order valence-corrected chi connectivity index (χ1v) is 7.64. The van der Waals surface area contributed by atoms with E-state index in [-0.39, 0.29) is 29.1 Å². The monoisotopic (exact) mass is 354 g/mol. The van der Waals surface area contributed by atoms with Gasteiger partial charge in [0.2, 0.25) is 5.43 Å². The van der Waals surface area contributed by atoms with Crippen LogP contribution in [-0.2, 0) is 4.79 Å². The summed E-state index contributed by atoms with van der Waals surface area (Å²) >= 11 is 5.75. The molecule has 0 saturated heterocycles. The second-order valence-corrected chi connectivity index (χ2v) is 5.84. The summed E-state index contributed by atoms with van der Waals surface area (Å²) in [4.78, 5) is 34.5. The van der Waals surface area contributed by atoms with E-state index >= 15 is 0 Å². The summed E-state index contributed by atoms with van der Waals surface area (Å²) in [5.41, 5.74) is -1.51. The van der Waals surface area contributed by atoms with Crippen molar-refractivity contribution in [3.05, 3.63) is 43.4 Å². The number of pyridine rings is 1. The molecule has 0 atom stereocenters. The van der Waals surface area contributed by atoms with Crippen LogP contribution >= 0.6 is 11.6 Å². The maximum absolute atomic E-state index is 14.0. The van der Waals surface area contributed by atoms with Crippen molar-refractivity contribution in [1.82, 2.24) is 4.57 Å². The van der Waals surface area contributed by atoms with Crippen molar-refractivity contribution in [2.45, 2.75) is 32.2 Å². The van der Waals surface area contributed by atoms with Crippen molar-refractivity contribution in [1.29, 1.82) is 0 Å². The molecule has 1 heterocycles. The quantitative estimate of drug-likeness (QED) is 0.477. The van der Waals surface area contributed by atoms with Crippen LogP contribution in [0, 0.1) is 15.9 Å². The number of hydrogen-bond donors (Lipinski definition) is 0. The number of nitro benzene ring substituents is 1. The smallest absolute Gasteiger partial charge is 0.315 e. The van der Waals surface area contributed by atoms with Gasteiger partial charge in [-0.25, -0.2) is 4.39 Å². The summed E-state index contributed by atoms with van der Waals surface area (Å²) in [6.45, 7) is 1.56. The van der Waals surface area contributed by atoms with Gasteiger partial charge in [0, 0.05) is 12.5 Å². The molecular formula is C15H12ClFN2O5. The average molecular weight is 355 g/mol. The molecule has 1 saturated carbocycles. The Kier molecular flexibility index (Phi) is 4.00. The number of fused-ring (bicyclic) bond motifs is 1. The highest BCUT2D eigenvalue weighted by atomic mass is 35.5. The summed E-state index contributed by atoms with van der Waals surface area (Å²) < 4.78 is 20.4. The Bertz CT molecular complexity index is 936. The summed E-state index contributed by atoms with van der Waals surface area (Å²) in [6, 6.07) is 0.752. The molecular weight excluding hydrogens is 343 g/mol. The normalized spacial score (nSPS) is 14.0. The molecule has 126 valence electrons. The number of carbonyl (C=O) groups excluding carboxylic acids is 1. The van der Waals surface area contributed by atoms with Gasteiger partial charge in [0.05, 0.1) is 16.5 Å². The van der Waals surface area contributed by atoms with Gasteiger partial charge in [-0.3, -0.25) is 19.7 Å². The summed E-state index contributed by atoms with van der Waals surface area (Å²) in [7, 11) is 0. The highest BCUT2D eigenvalue weighted by molar-refractivity contribution is 6.34. The molecule has 0 aliphatic heterocycles. The molecule has 1 aromatic carbocycles. The van der Waals surface area contributed by atoms with Crippen molar-refractivity contribution >= 4 is 34.2 Å². The number of rotatable bonds is 4. The predicted octanol–water partition coefficient (Wildman–Crippen LogP) is 3.35. The van der Waals surface area contributed by atoms with E-state index in [4.69, 9.17) is 16.3 Å². The molecule has 0 amide bonds. The van der Waals surface area contributed by atoms with Gasteiger partial charge >= 0.3 is 11.7 Å². The van der Waals surface area contributed by atoms with Crippen LogP contribution in [0.1, 0.15) is 32.2 Å². The summed E-state index contributed by atoms with van der Waals surface area (Å²) in [5, 5.41) is 10.5. The SMILES string of the molecule is CCC(=O)Oc1cn(C2CC2)c2c([N+](=O)[O-])c(Cl)c(F)cc2c1=O. The zero-order valence-electron chi connectivity index (χ0n) is 12.5. The van der Waals surface area contributed by atoms with Gasteiger partial charge in [0.15, 0.2) is 10.8 Å². The van der Waals surface area contributed by atoms with Gasteiger partial charge < -0.3 is 9.30 Å².